The molecule has 1 N–H and O–H groups in total. The second-order valence-corrected chi connectivity index (χ2v) is 8.15. The number of guanidine groups is 1. The molecular weight excluding hydrogens is 364 g/mol. The lowest BCUT2D eigenvalue weighted by Gasteiger charge is -2.35. The molecule has 6 nitrogen and oxygen atoms in total. The molecule has 0 aromatic heterocycles. The SMILES string of the molecule is CCNC(=NCC1CCCN(C(C)C)C1)N(C)CCc1ccc(OC)c(OC)c1. The number of methoxy groups -OCH3 is 2. The molecule has 0 spiro atoms. The van der Waals surface area contributed by atoms with Gasteiger partial charge < -0.3 is 24.6 Å². The van der Waals surface area contributed by atoms with Gasteiger partial charge >= 0.3 is 0 Å². The van der Waals surface area contributed by atoms with E-state index in [0.717, 1.165) is 50.1 Å². The Bertz CT molecular complexity index is 648. The molecule has 1 saturated heterocycles. The Morgan fingerprint density at radius 3 is 2.69 bits per heavy atom. The van der Waals surface area contributed by atoms with Crippen LogP contribution in [-0.4, -0.2) is 75.8 Å². The average Bonchev–Trinajstić information content (AvgIpc) is 2.74. The first kappa shape index (κ1) is 23.3. The van der Waals surface area contributed by atoms with Crippen LogP contribution in [0.1, 0.15) is 39.2 Å². The van der Waals surface area contributed by atoms with Gasteiger partial charge in [-0.25, -0.2) is 0 Å². The lowest BCUT2D eigenvalue weighted by molar-refractivity contribution is 0.143. The normalized spacial score (nSPS) is 18.0. The van der Waals surface area contributed by atoms with Gasteiger partial charge in [-0.15, -0.1) is 0 Å². The molecule has 0 amide bonds. The molecule has 1 atom stereocenters. The molecule has 1 aromatic rings. The van der Waals surface area contributed by atoms with Crippen LogP contribution in [0.4, 0.5) is 0 Å². The molecule has 0 saturated carbocycles. The van der Waals surface area contributed by atoms with E-state index in [9.17, 15) is 0 Å². The van der Waals surface area contributed by atoms with Crippen LogP contribution in [0, 0.1) is 5.92 Å². The third-order valence-corrected chi connectivity index (χ3v) is 5.66. The highest BCUT2D eigenvalue weighted by atomic mass is 16.5. The molecule has 2 rings (SSSR count). The highest BCUT2D eigenvalue weighted by Crippen LogP contribution is 2.27. The van der Waals surface area contributed by atoms with E-state index in [-0.39, 0.29) is 0 Å². The van der Waals surface area contributed by atoms with Crippen LogP contribution in [0.3, 0.4) is 0 Å². The number of likely N-dealkylation sites (N-methyl/N-ethyl adjacent to an activating group) is 1. The maximum Gasteiger partial charge on any atom is 0.193 e. The molecule has 0 radical (unpaired) electrons. The minimum Gasteiger partial charge on any atom is -0.493 e. The predicted molar refractivity (Wildman–Crippen MR) is 121 cm³/mol. The van der Waals surface area contributed by atoms with Crippen molar-refractivity contribution in [2.45, 2.75) is 46.1 Å². The Kier molecular flexibility index (Phi) is 9.58. The van der Waals surface area contributed by atoms with E-state index in [1.165, 1.54) is 24.9 Å². The maximum atomic E-state index is 5.42. The monoisotopic (exact) mass is 404 g/mol. The zero-order valence-corrected chi connectivity index (χ0v) is 19.2. The quantitative estimate of drug-likeness (QED) is 0.506. The summed E-state index contributed by atoms with van der Waals surface area (Å²) in [5, 5.41) is 3.45. The summed E-state index contributed by atoms with van der Waals surface area (Å²) in [7, 11) is 5.45. The molecule has 1 aliphatic heterocycles. The van der Waals surface area contributed by atoms with Gasteiger partial charge in [0.15, 0.2) is 17.5 Å². The van der Waals surface area contributed by atoms with Crippen LogP contribution >= 0.6 is 0 Å². The van der Waals surface area contributed by atoms with Crippen molar-refractivity contribution in [2.75, 3.05) is 54.0 Å². The van der Waals surface area contributed by atoms with Crippen molar-refractivity contribution in [3.8, 4) is 11.5 Å². The van der Waals surface area contributed by atoms with Crippen LogP contribution in [0.2, 0.25) is 0 Å². The van der Waals surface area contributed by atoms with Gasteiger partial charge in [0, 0.05) is 39.3 Å². The summed E-state index contributed by atoms with van der Waals surface area (Å²) in [6.45, 7) is 11.8. The molecule has 6 heteroatoms. The van der Waals surface area contributed by atoms with Crippen LogP contribution in [0.15, 0.2) is 23.2 Å². The number of nitrogens with zero attached hydrogens (tertiary/aromatic N) is 3. The van der Waals surface area contributed by atoms with Gasteiger partial charge in [-0.2, -0.15) is 0 Å². The Morgan fingerprint density at radius 1 is 1.28 bits per heavy atom. The van der Waals surface area contributed by atoms with Crippen LogP contribution in [0.25, 0.3) is 0 Å². The van der Waals surface area contributed by atoms with Gasteiger partial charge in [0.1, 0.15) is 0 Å². The molecule has 0 aliphatic carbocycles. The van der Waals surface area contributed by atoms with Crippen molar-refractivity contribution in [3.63, 3.8) is 0 Å². The second kappa shape index (κ2) is 11.9. The van der Waals surface area contributed by atoms with Crippen molar-refractivity contribution in [1.29, 1.82) is 0 Å². The first-order chi connectivity index (χ1) is 14.0. The van der Waals surface area contributed by atoms with Crippen molar-refractivity contribution in [3.05, 3.63) is 23.8 Å². The van der Waals surface area contributed by atoms with E-state index in [1.54, 1.807) is 14.2 Å². The summed E-state index contributed by atoms with van der Waals surface area (Å²) in [6.07, 6.45) is 3.48. The summed E-state index contributed by atoms with van der Waals surface area (Å²) in [4.78, 5) is 9.77. The lowest BCUT2D eigenvalue weighted by atomic mass is 9.97. The Morgan fingerprint density at radius 2 is 2.03 bits per heavy atom. The number of ether oxygens (including phenoxy) is 2. The number of piperidine rings is 1. The Balaban J connectivity index is 1.94. The fourth-order valence-corrected chi connectivity index (χ4v) is 3.84. The highest BCUT2D eigenvalue weighted by Gasteiger charge is 2.21. The highest BCUT2D eigenvalue weighted by molar-refractivity contribution is 5.79. The first-order valence-corrected chi connectivity index (χ1v) is 10.9. The fourth-order valence-electron chi connectivity index (χ4n) is 3.84. The van der Waals surface area contributed by atoms with Gasteiger partial charge in [-0.1, -0.05) is 6.07 Å². The summed E-state index contributed by atoms with van der Waals surface area (Å²) in [5.41, 5.74) is 1.23. The van der Waals surface area contributed by atoms with Crippen LogP contribution < -0.4 is 14.8 Å². The molecule has 29 heavy (non-hydrogen) atoms. The standard InChI is InChI=1S/C23H40N4O2/c1-7-24-23(25-16-20-9-8-13-27(17-20)18(2)3)26(4)14-12-19-10-11-21(28-5)22(15-19)29-6/h10-11,15,18,20H,7-9,12-14,16-17H2,1-6H3,(H,24,25). The fraction of sp³-hybridized carbons (Fsp3) is 0.696. The van der Waals surface area contributed by atoms with E-state index in [1.807, 2.05) is 6.07 Å². The molecule has 1 fully saturated rings. The number of likely N-dealkylation sites (tertiary alicyclic amines) is 1. The zero-order valence-electron chi connectivity index (χ0n) is 19.2. The van der Waals surface area contributed by atoms with Crippen molar-refractivity contribution in [1.82, 2.24) is 15.1 Å². The summed E-state index contributed by atoms with van der Waals surface area (Å²) in [6, 6.07) is 6.75. The number of benzene rings is 1. The number of rotatable bonds is 9. The number of hydrogen-bond acceptors (Lipinski definition) is 4. The molecule has 1 unspecified atom stereocenters. The van der Waals surface area contributed by atoms with Crippen molar-refractivity contribution in [2.24, 2.45) is 10.9 Å². The first-order valence-electron chi connectivity index (χ1n) is 10.9. The van der Waals surface area contributed by atoms with E-state index in [4.69, 9.17) is 14.5 Å². The lowest BCUT2D eigenvalue weighted by Crippen LogP contribution is -2.42. The van der Waals surface area contributed by atoms with Gasteiger partial charge in [0.2, 0.25) is 0 Å². The van der Waals surface area contributed by atoms with Gasteiger partial charge in [-0.3, -0.25) is 4.99 Å². The van der Waals surface area contributed by atoms with Gasteiger partial charge in [0.25, 0.3) is 0 Å². The smallest absolute Gasteiger partial charge is 0.193 e. The average molecular weight is 405 g/mol. The maximum absolute atomic E-state index is 5.42. The number of aliphatic imine (C=N–C) groups is 1. The Labute approximate surface area is 177 Å². The Hall–Kier alpha value is -1.95. The summed E-state index contributed by atoms with van der Waals surface area (Å²) in [5.74, 6) is 3.19. The van der Waals surface area contributed by atoms with Gasteiger partial charge in [-0.05, 0) is 70.2 Å². The largest absolute Gasteiger partial charge is 0.493 e. The molecule has 1 heterocycles. The van der Waals surface area contributed by atoms with E-state index in [0.29, 0.717) is 12.0 Å². The molecule has 0 bridgehead atoms. The third kappa shape index (κ3) is 7.11. The number of hydrogen-bond donors (Lipinski definition) is 1. The van der Waals surface area contributed by atoms with Crippen LogP contribution in [-0.2, 0) is 6.42 Å². The summed E-state index contributed by atoms with van der Waals surface area (Å²) < 4.78 is 10.8. The molecular formula is C23H40N4O2. The predicted octanol–water partition coefficient (Wildman–Crippen LogP) is 3.26. The zero-order chi connectivity index (χ0) is 21.2. The molecule has 1 aliphatic rings. The van der Waals surface area contributed by atoms with E-state index in [2.05, 4.69) is 55.1 Å². The molecule has 164 valence electrons. The van der Waals surface area contributed by atoms with Gasteiger partial charge in [0.05, 0.1) is 14.2 Å². The second-order valence-electron chi connectivity index (χ2n) is 8.15. The van der Waals surface area contributed by atoms with E-state index < -0.39 is 0 Å². The minimum atomic E-state index is 0.624. The van der Waals surface area contributed by atoms with E-state index >= 15 is 0 Å². The van der Waals surface area contributed by atoms with Crippen LogP contribution in [0.5, 0.6) is 11.5 Å². The molecule has 1 aromatic carbocycles. The number of nitrogens with one attached hydrogen (secondary N) is 1. The third-order valence-electron chi connectivity index (χ3n) is 5.66. The topological polar surface area (TPSA) is 49.3 Å². The minimum absolute atomic E-state index is 0.624. The van der Waals surface area contributed by atoms with Crippen molar-refractivity contribution < 1.29 is 9.47 Å². The summed E-state index contributed by atoms with van der Waals surface area (Å²) >= 11 is 0. The van der Waals surface area contributed by atoms with Crippen molar-refractivity contribution >= 4 is 5.96 Å².